The summed E-state index contributed by atoms with van der Waals surface area (Å²) in [7, 11) is 0. The Morgan fingerprint density at radius 2 is 2.56 bits per heavy atom. The van der Waals surface area contributed by atoms with Gasteiger partial charge in [-0.2, -0.15) is 5.26 Å². The van der Waals surface area contributed by atoms with Crippen molar-refractivity contribution in [1.82, 2.24) is 0 Å². The van der Waals surface area contributed by atoms with Crippen LogP contribution >= 0.6 is 0 Å². The Morgan fingerprint density at radius 1 is 1.89 bits per heavy atom. The summed E-state index contributed by atoms with van der Waals surface area (Å²) in [5.41, 5.74) is 0. The highest BCUT2D eigenvalue weighted by molar-refractivity contribution is 5.07. The first-order valence-corrected chi connectivity index (χ1v) is 2.63. The second kappa shape index (κ2) is 4.92. The third-order valence-electron chi connectivity index (χ3n) is 0.789. The predicted molar refractivity (Wildman–Crippen MR) is 35.5 cm³/mol. The fraction of sp³-hybridized carbons (Fsp3) is 0.286. The van der Waals surface area contributed by atoms with E-state index in [2.05, 4.69) is 6.58 Å². The summed E-state index contributed by atoms with van der Waals surface area (Å²) in [6.07, 6.45) is 3.32. The molecule has 0 heterocycles. The zero-order valence-corrected chi connectivity index (χ0v) is 5.42. The molecule has 0 radical (unpaired) electrons. The summed E-state index contributed by atoms with van der Waals surface area (Å²) < 4.78 is 4.87. The third-order valence-corrected chi connectivity index (χ3v) is 0.789. The van der Waals surface area contributed by atoms with Crippen molar-refractivity contribution in [2.75, 3.05) is 6.61 Å². The van der Waals surface area contributed by atoms with Gasteiger partial charge in [0, 0.05) is 0 Å². The van der Waals surface area contributed by atoms with E-state index in [4.69, 9.17) is 10.00 Å². The van der Waals surface area contributed by atoms with E-state index in [1.807, 2.05) is 13.0 Å². The molecule has 0 rings (SSSR count). The lowest BCUT2D eigenvalue weighted by Crippen LogP contribution is -1.87. The van der Waals surface area contributed by atoms with E-state index in [-0.39, 0.29) is 6.61 Å². The molecule has 0 aromatic carbocycles. The molecule has 0 aliphatic rings. The van der Waals surface area contributed by atoms with Gasteiger partial charge in [-0.25, -0.2) is 0 Å². The Hall–Kier alpha value is -1.23. The van der Waals surface area contributed by atoms with Gasteiger partial charge in [0.25, 0.3) is 0 Å². The molecule has 0 spiro atoms. The summed E-state index contributed by atoms with van der Waals surface area (Å²) in [5.74, 6) is 0.650. The summed E-state index contributed by atoms with van der Waals surface area (Å²) in [4.78, 5) is 0. The fourth-order valence-corrected chi connectivity index (χ4v) is 0.376. The molecule has 0 aliphatic heterocycles. The van der Waals surface area contributed by atoms with E-state index >= 15 is 0 Å². The van der Waals surface area contributed by atoms with Gasteiger partial charge in [-0.1, -0.05) is 6.58 Å². The number of rotatable bonds is 3. The van der Waals surface area contributed by atoms with Crippen LogP contribution in [0.2, 0.25) is 0 Å². The lowest BCUT2D eigenvalue weighted by molar-refractivity contribution is 0.265. The van der Waals surface area contributed by atoms with E-state index in [0.29, 0.717) is 5.76 Å². The lowest BCUT2D eigenvalue weighted by atomic mass is 10.4. The van der Waals surface area contributed by atoms with Crippen molar-refractivity contribution < 1.29 is 4.74 Å². The monoisotopic (exact) mass is 123 g/mol. The van der Waals surface area contributed by atoms with Crippen LogP contribution in [0.1, 0.15) is 6.92 Å². The maximum Gasteiger partial charge on any atom is 0.174 e. The average Bonchev–Trinajstić information content (AvgIpc) is 1.91. The number of hydrogen-bond acceptors (Lipinski definition) is 2. The molecule has 9 heavy (non-hydrogen) atoms. The van der Waals surface area contributed by atoms with E-state index in [1.54, 1.807) is 12.2 Å². The smallest absolute Gasteiger partial charge is 0.174 e. The number of allylic oxidation sites excluding steroid dienone is 2. The predicted octanol–water partition coefficient (Wildman–Crippen LogP) is 1.62. The maximum atomic E-state index is 8.07. The minimum absolute atomic E-state index is 0.0890. The first-order valence-electron chi connectivity index (χ1n) is 2.63. The van der Waals surface area contributed by atoms with Crippen molar-refractivity contribution in [3.8, 4) is 6.07 Å². The Labute approximate surface area is 55.1 Å². The standard InChI is InChI=1S/C7H9NO/c1-3-7(4-2)9-6-5-8/h3-4H,1,6H2,2H3/b7-4-. The van der Waals surface area contributed by atoms with Crippen LogP contribution in [0.5, 0.6) is 0 Å². The molecule has 2 nitrogen and oxygen atoms in total. The molecule has 0 bridgehead atoms. The molecule has 0 aliphatic carbocycles. The zero-order chi connectivity index (χ0) is 7.11. The van der Waals surface area contributed by atoms with Crippen LogP contribution in [-0.4, -0.2) is 6.61 Å². The van der Waals surface area contributed by atoms with Gasteiger partial charge in [0.2, 0.25) is 0 Å². The zero-order valence-electron chi connectivity index (χ0n) is 5.42. The van der Waals surface area contributed by atoms with Gasteiger partial charge in [0.1, 0.15) is 11.8 Å². The number of nitriles is 1. The second-order valence-corrected chi connectivity index (χ2v) is 1.34. The fourth-order valence-electron chi connectivity index (χ4n) is 0.376. The van der Waals surface area contributed by atoms with Crippen molar-refractivity contribution in [2.45, 2.75) is 6.92 Å². The molecule has 0 aromatic heterocycles. The molecule has 2 heteroatoms. The van der Waals surface area contributed by atoms with Crippen LogP contribution in [0.15, 0.2) is 24.5 Å². The summed E-state index contributed by atoms with van der Waals surface area (Å²) in [5, 5.41) is 8.07. The summed E-state index contributed by atoms with van der Waals surface area (Å²) in [6.45, 7) is 5.40. The topological polar surface area (TPSA) is 33.0 Å². The number of ether oxygens (including phenoxy) is 1. The number of hydrogen-bond donors (Lipinski definition) is 0. The van der Waals surface area contributed by atoms with Gasteiger partial charge in [-0.05, 0) is 19.1 Å². The van der Waals surface area contributed by atoms with Crippen molar-refractivity contribution in [3.05, 3.63) is 24.5 Å². The Bertz CT molecular complexity index is 153. The van der Waals surface area contributed by atoms with Gasteiger partial charge >= 0.3 is 0 Å². The van der Waals surface area contributed by atoms with Crippen molar-refractivity contribution in [3.63, 3.8) is 0 Å². The normalized spacial score (nSPS) is 10.0. The Kier molecular flexibility index (Phi) is 4.25. The Morgan fingerprint density at radius 3 is 2.89 bits per heavy atom. The van der Waals surface area contributed by atoms with Crippen LogP contribution in [-0.2, 0) is 4.74 Å². The lowest BCUT2D eigenvalue weighted by Gasteiger charge is -1.97. The van der Waals surface area contributed by atoms with E-state index in [0.717, 1.165) is 0 Å². The SMILES string of the molecule is C=C/C(=C/C)OCC#N. The Balaban J connectivity index is 3.61. The minimum Gasteiger partial charge on any atom is -0.479 e. The van der Waals surface area contributed by atoms with Gasteiger partial charge < -0.3 is 4.74 Å². The van der Waals surface area contributed by atoms with Crippen molar-refractivity contribution in [1.29, 1.82) is 5.26 Å². The van der Waals surface area contributed by atoms with Gasteiger partial charge in [-0.15, -0.1) is 0 Å². The molecular weight excluding hydrogens is 114 g/mol. The van der Waals surface area contributed by atoms with E-state index < -0.39 is 0 Å². The molecule has 0 N–H and O–H groups in total. The van der Waals surface area contributed by atoms with E-state index in [1.165, 1.54) is 0 Å². The molecule has 0 fully saturated rings. The van der Waals surface area contributed by atoms with Gasteiger partial charge in [0.15, 0.2) is 6.61 Å². The molecular formula is C7H9NO. The van der Waals surface area contributed by atoms with Crippen molar-refractivity contribution >= 4 is 0 Å². The summed E-state index contributed by atoms with van der Waals surface area (Å²) >= 11 is 0. The molecule has 0 amide bonds. The van der Waals surface area contributed by atoms with Crippen LogP contribution in [0.25, 0.3) is 0 Å². The molecule has 48 valence electrons. The van der Waals surface area contributed by atoms with Crippen molar-refractivity contribution in [2.24, 2.45) is 0 Å². The third kappa shape index (κ3) is 3.36. The highest BCUT2D eigenvalue weighted by Crippen LogP contribution is 1.95. The van der Waals surface area contributed by atoms with Gasteiger partial charge in [0.05, 0.1) is 0 Å². The number of nitrogens with zero attached hydrogens (tertiary/aromatic N) is 1. The van der Waals surface area contributed by atoms with Crippen LogP contribution in [0.3, 0.4) is 0 Å². The quantitative estimate of drug-likeness (QED) is 0.422. The first-order chi connectivity index (χ1) is 4.35. The van der Waals surface area contributed by atoms with E-state index in [9.17, 15) is 0 Å². The highest BCUT2D eigenvalue weighted by Gasteiger charge is 1.85. The average molecular weight is 123 g/mol. The molecule has 0 saturated carbocycles. The van der Waals surface area contributed by atoms with Crippen LogP contribution in [0, 0.1) is 11.3 Å². The largest absolute Gasteiger partial charge is 0.479 e. The molecule has 0 saturated heterocycles. The summed E-state index contributed by atoms with van der Waals surface area (Å²) in [6, 6.07) is 1.86. The molecule has 0 unspecified atom stereocenters. The second-order valence-electron chi connectivity index (χ2n) is 1.34. The molecule has 0 aromatic rings. The van der Waals surface area contributed by atoms with Gasteiger partial charge in [-0.3, -0.25) is 0 Å². The van der Waals surface area contributed by atoms with Crippen LogP contribution in [0.4, 0.5) is 0 Å². The highest BCUT2D eigenvalue weighted by atomic mass is 16.5. The molecule has 0 atom stereocenters. The maximum absolute atomic E-state index is 8.07. The first kappa shape index (κ1) is 7.77. The van der Waals surface area contributed by atoms with Crippen LogP contribution < -0.4 is 0 Å². The minimum atomic E-state index is 0.0890.